The maximum Gasteiger partial charge on any atom is 0.223 e. The third-order valence-electron chi connectivity index (χ3n) is 3.87. The Morgan fingerprint density at radius 2 is 1.80 bits per heavy atom. The van der Waals surface area contributed by atoms with Gasteiger partial charge in [0, 0.05) is 38.9 Å². The monoisotopic (exact) mass is 340 g/mol. The van der Waals surface area contributed by atoms with Gasteiger partial charge in [-0.3, -0.25) is 4.79 Å². The first-order chi connectivity index (χ1) is 11.8. The lowest BCUT2D eigenvalue weighted by atomic mass is 10.1. The molecule has 136 valence electrons. The minimum absolute atomic E-state index is 0.0622. The number of rotatable bonds is 8. The average Bonchev–Trinajstić information content (AvgIpc) is 2.54. The first kappa shape index (κ1) is 20.8. The number of carbonyl (C=O) groups excluding carboxylic acids is 1. The predicted molar refractivity (Wildman–Crippen MR) is 109 cm³/mol. The highest BCUT2D eigenvalue weighted by Crippen LogP contribution is 2.15. The minimum atomic E-state index is 0.0622. The average molecular weight is 341 g/mol. The van der Waals surface area contributed by atoms with Gasteiger partial charge in [-0.1, -0.05) is 44.2 Å². The van der Waals surface area contributed by atoms with Crippen molar-refractivity contribution in [2.75, 3.05) is 25.5 Å². The quantitative estimate of drug-likeness (QED) is 0.634. The zero-order valence-electron chi connectivity index (χ0n) is 16.5. The molecule has 0 heterocycles. The van der Waals surface area contributed by atoms with Crippen LogP contribution < -0.4 is 4.90 Å². The predicted octanol–water partition coefficient (Wildman–Crippen LogP) is 4.82. The smallest absolute Gasteiger partial charge is 0.223 e. The van der Waals surface area contributed by atoms with Crippen LogP contribution in [0, 0.1) is 5.92 Å². The van der Waals surface area contributed by atoms with Crippen molar-refractivity contribution in [3.05, 3.63) is 65.9 Å². The van der Waals surface area contributed by atoms with E-state index in [1.54, 1.807) is 6.92 Å². The Labute approximate surface area is 153 Å². The summed E-state index contributed by atoms with van der Waals surface area (Å²) in [6.07, 6.45) is 11.0. The highest BCUT2D eigenvalue weighted by Gasteiger charge is 2.11. The summed E-state index contributed by atoms with van der Waals surface area (Å²) in [6, 6.07) is 8.49. The molecule has 0 bridgehead atoms. The van der Waals surface area contributed by atoms with E-state index in [1.165, 1.54) is 11.3 Å². The third kappa shape index (κ3) is 7.42. The largest absolute Gasteiger partial charge is 0.378 e. The lowest BCUT2D eigenvalue weighted by Gasteiger charge is -2.22. The van der Waals surface area contributed by atoms with Gasteiger partial charge in [0.05, 0.1) is 0 Å². The molecule has 25 heavy (non-hydrogen) atoms. The molecule has 3 nitrogen and oxygen atoms in total. The Morgan fingerprint density at radius 3 is 2.28 bits per heavy atom. The van der Waals surface area contributed by atoms with Crippen LogP contribution in [0.5, 0.6) is 0 Å². The van der Waals surface area contributed by atoms with E-state index in [4.69, 9.17) is 0 Å². The molecule has 1 amide bonds. The highest BCUT2D eigenvalue weighted by atomic mass is 16.2. The third-order valence-corrected chi connectivity index (χ3v) is 3.87. The van der Waals surface area contributed by atoms with Crippen LogP contribution in [0.1, 0.15) is 33.3 Å². The summed E-state index contributed by atoms with van der Waals surface area (Å²) in [7, 11) is 4.07. The van der Waals surface area contributed by atoms with Crippen molar-refractivity contribution in [3.63, 3.8) is 0 Å². The van der Waals surface area contributed by atoms with Crippen LogP contribution in [0.4, 0.5) is 5.69 Å². The molecule has 0 radical (unpaired) electrons. The van der Waals surface area contributed by atoms with Crippen molar-refractivity contribution in [3.8, 4) is 0 Å². The van der Waals surface area contributed by atoms with Crippen LogP contribution in [0.25, 0.3) is 0 Å². The number of carbonyl (C=O) groups is 1. The first-order valence-electron chi connectivity index (χ1n) is 8.90. The molecule has 1 aromatic carbocycles. The molecular formula is C22H32N2O. The molecule has 0 unspecified atom stereocenters. The topological polar surface area (TPSA) is 23.6 Å². The molecule has 1 aromatic rings. The van der Waals surface area contributed by atoms with E-state index in [0.29, 0.717) is 12.5 Å². The zero-order valence-corrected chi connectivity index (χ0v) is 16.5. The number of hydrogen-bond donors (Lipinski definition) is 0. The van der Waals surface area contributed by atoms with E-state index < -0.39 is 0 Å². The summed E-state index contributed by atoms with van der Waals surface area (Å²) in [4.78, 5) is 16.1. The van der Waals surface area contributed by atoms with Gasteiger partial charge in [-0.2, -0.15) is 0 Å². The van der Waals surface area contributed by atoms with Crippen molar-refractivity contribution in [2.45, 2.75) is 34.1 Å². The number of anilines is 1. The van der Waals surface area contributed by atoms with E-state index >= 15 is 0 Å². The second-order valence-electron chi connectivity index (χ2n) is 6.70. The molecule has 0 N–H and O–H groups in total. The van der Waals surface area contributed by atoms with Crippen LogP contribution >= 0.6 is 0 Å². The summed E-state index contributed by atoms with van der Waals surface area (Å²) in [5.41, 5.74) is 3.34. The van der Waals surface area contributed by atoms with E-state index in [-0.39, 0.29) is 5.91 Å². The highest BCUT2D eigenvalue weighted by molar-refractivity contribution is 5.76. The van der Waals surface area contributed by atoms with Crippen molar-refractivity contribution in [1.82, 2.24) is 4.90 Å². The molecule has 0 atom stereocenters. The van der Waals surface area contributed by atoms with Gasteiger partial charge in [0.25, 0.3) is 0 Å². The summed E-state index contributed by atoms with van der Waals surface area (Å²) < 4.78 is 0. The molecule has 0 saturated heterocycles. The van der Waals surface area contributed by atoms with Gasteiger partial charge in [-0.25, -0.2) is 0 Å². The Hall–Kier alpha value is -2.29. The van der Waals surface area contributed by atoms with Crippen LogP contribution in [-0.2, 0) is 11.2 Å². The van der Waals surface area contributed by atoms with Gasteiger partial charge < -0.3 is 9.80 Å². The van der Waals surface area contributed by atoms with E-state index in [9.17, 15) is 4.79 Å². The normalized spacial score (nSPS) is 12.4. The number of nitrogens with zero attached hydrogens (tertiary/aromatic N) is 2. The van der Waals surface area contributed by atoms with Gasteiger partial charge in [0.15, 0.2) is 0 Å². The van der Waals surface area contributed by atoms with Crippen LogP contribution in [0.3, 0.4) is 0 Å². The van der Waals surface area contributed by atoms with Crippen LogP contribution in [0.15, 0.2) is 60.3 Å². The van der Waals surface area contributed by atoms with Crippen molar-refractivity contribution in [1.29, 1.82) is 0 Å². The van der Waals surface area contributed by atoms with E-state index in [2.05, 4.69) is 49.1 Å². The number of allylic oxidation sites excluding steroid dienone is 5. The van der Waals surface area contributed by atoms with Crippen LogP contribution in [-0.4, -0.2) is 31.4 Å². The molecule has 1 rings (SSSR count). The van der Waals surface area contributed by atoms with Gasteiger partial charge in [-0.15, -0.1) is 0 Å². The maximum atomic E-state index is 12.1. The SMILES string of the molecule is C\C=C/C(=C\C=C\C(C)C)N(CCc1ccc(N(C)C)cc1)C(C)=O. The van der Waals surface area contributed by atoms with Crippen molar-refractivity contribution in [2.24, 2.45) is 5.92 Å². The molecule has 0 fully saturated rings. The Bertz CT molecular complexity index is 622. The van der Waals surface area contributed by atoms with Gasteiger partial charge in [0.1, 0.15) is 0 Å². The van der Waals surface area contributed by atoms with Gasteiger partial charge in [-0.05, 0) is 49.1 Å². The summed E-state index contributed by atoms with van der Waals surface area (Å²) >= 11 is 0. The Morgan fingerprint density at radius 1 is 1.16 bits per heavy atom. The summed E-state index contributed by atoms with van der Waals surface area (Å²) in [5, 5.41) is 0. The molecule has 0 aliphatic rings. The molecule has 0 aromatic heterocycles. The van der Waals surface area contributed by atoms with Crippen molar-refractivity contribution >= 4 is 11.6 Å². The molecule has 0 aliphatic heterocycles. The fourth-order valence-corrected chi connectivity index (χ4v) is 2.45. The maximum absolute atomic E-state index is 12.1. The Kier molecular flexibility index (Phi) is 8.76. The lowest BCUT2D eigenvalue weighted by Crippen LogP contribution is -2.29. The number of amides is 1. The van der Waals surface area contributed by atoms with Crippen molar-refractivity contribution < 1.29 is 4.79 Å². The fourth-order valence-electron chi connectivity index (χ4n) is 2.45. The summed E-state index contributed by atoms with van der Waals surface area (Å²) in [5.74, 6) is 0.552. The van der Waals surface area contributed by atoms with E-state index in [1.807, 2.05) is 50.2 Å². The molecule has 0 saturated carbocycles. The minimum Gasteiger partial charge on any atom is -0.378 e. The van der Waals surface area contributed by atoms with E-state index in [0.717, 1.165) is 12.1 Å². The summed E-state index contributed by atoms with van der Waals surface area (Å²) in [6.45, 7) is 8.54. The van der Waals surface area contributed by atoms with Gasteiger partial charge >= 0.3 is 0 Å². The fraction of sp³-hybridized carbons (Fsp3) is 0.409. The second kappa shape index (κ2) is 10.5. The zero-order chi connectivity index (χ0) is 18.8. The first-order valence-corrected chi connectivity index (χ1v) is 8.90. The van der Waals surface area contributed by atoms with Gasteiger partial charge in [0.2, 0.25) is 5.91 Å². The Balaban J connectivity index is 2.88. The number of benzene rings is 1. The number of hydrogen-bond acceptors (Lipinski definition) is 2. The molecular weight excluding hydrogens is 308 g/mol. The standard InChI is InChI=1S/C22H32N2O/c1-7-9-22(11-8-10-18(2)3)24(19(4)25)17-16-20-12-14-21(15-13-20)23(5)6/h7-15,18H,16-17H2,1-6H3/b9-7-,10-8+,22-11+. The lowest BCUT2D eigenvalue weighted by molar-refractivity contribution is -0.126. The molecule has 0 aliphatic carbocycles. The second-order valence-corrected chi connectivity index (χ2v) is 6.70. The van der Waals surface area contributed by atoms with Crippen LogP contribution in [0.2, 0.25) is 0 Å². The molecule has 0 spiro atoms. The molecule has 3 heteroatoms.